The number of esters is 1. The molecule has 0 fully saturated rings. The number of anilines is 1. The maximum atomic E-state index is 10.9. The van der Waals surface area contributed by atoms with E-state index in [0.717, 1.165) is 10.6 Å². The highest BCUT2D eigenvalue weighted by atomic mass is 32.2. The zero-order chi connectivity index (χ0) is 10.4. The van der Waals surface area contributed by atoms with Gasteiger partial charge in [-0.15, -0.1) is 11.8 Å². The van der Waals surface area contributed by atoms with E-state index in [9.17, 15) is 4.79 Å². The normalized spacial score (nSPS) is 9.57. The lowest BCUT2D eigenvalue weighted by Gasteiger charge is -2.08. The quantitative estimate of drug-likeness (QED) is 0.610. The number of thioether (sulfide) groups is 1. The number of carbonyl (C=O) groups excluding carboxylic acids is 1. The Labute approximate surface area is 87.8 Å². The van der Waals surface area contributed by atoms with Crippen molar-refractivity contribution in [1.29, 1.82) is 0 Å². The fourth-order valence-corrected chi connectivity index (χ4v) is 1.61. The Balaban J connectivity index is 2.61. The van der Waals surface area contributed by atoms with Crippen molar-refractivity contribution in [2.75, 3.05) is 25.2 Å². The van der Waals surface area contributed by atoms with Gasteiger partial charge in [-0.25, -0.2) is 0 Å². The van der Waals surface area contributed by atoms with Gasteiger partial charge in [-0.3, -0.25) is 4.79 Å². The minimum absolute atomic E-state index is 0.202. The zero-order valence-electron chi connectivity index (χ0n) is 8.24. The van der Waals surface area contributed by atoms with Crippen LogP contribution in [-0.2, 0) is 9.53 Å². The van der Waals surface area contributed by atoms with Crippen LogP contribution in [-0.4, -0.2) is 25.9 Å². The Hall–Kier alpha value is -1.16. The average Bonchev–Trinajstić information content (AvgIpc) is 2.26. The molecule has 14 heavy (non-hydrogen) atoms. The highest BCUT2D eigenvalue weighted by molar-refractivity contribution is 7.98. The van der Waals surface area contributed by atoms with Crippen molar-refractivity contribution >= 4 is 23.4 Å². The van der Waals surface area contributed by atoms with Gasteiger partial charge in [0.15, 0.2) is 0 Å². The average molecular weight is 211 g/mol. The van der Waals surface area contributed by atoms with E-state index in [1.165, 1.54) is 7.11 Å². The second-order valence-electron chi connectivity index (χ2n) is 2.63. The molecule has 1 rings (SSSR count). The third-order valence-corrected chi connectivity index (χ3v) is 2.55. The second-order valence-corrected chi connectivity index (χ2v) is 3.48. The molecule has 0 aliphatic rings. The molecule has 0 aliphatic heterocycles. The van der Waals surface area contributed by atoms with Gasteiger partial charge in [0.1, 0.15) is 6.54 Å². The molecule has 76 valence electrons. The minimum Gasteiger partial charge on any atom is -0.468 e. The van der Waals surface area contributed by atoms with Crippen molar-refractivity contribution in [3.63, 3.8) is 0 Å². The summed E-state index contributed by atoms with van der Waals surface area (Å²) in [5.74, 6) is -0.263. The van der Waals surface area contributed by atoms with Gasteiger partial charge >= 0.3 is 5.97 Å². The molecule has 4 heteroatoms. The van der Waals surface area contributed by atoms with Crippen molar-refractivity contribution in [3.8, 4) is 0 Å². The summed E-state index contributed by atoms with van der Waals surface area (Å²) in [4.78, 5) is 12.0. The number of hydrogen-bond donors (Lipinski definition) is 1. The van der Waals surface area contributed by atoms with E-state index >= 15 is 0 Å². The first-order valence-electron chi connectivity index (χ1n) is 4.21. The lowest BCUT2D eigenvalue weighted by Crippen LogP contribution is -2.15. The highest BCUT2D eigenvalue weighted by Crippen LogP contribution is 2.24. The molecular weight excluding hydrogens is 198 g/mol. The fraction of sp³-hybridized carbons (Fsp3) is 0.300. The van der Waals surface area contributed by atoms with Crippen molar-refractivity contribution in [2.24, 2.45) is 0 Å². The van der Waals surface area contributed by atoms with E-state index in [2.05, 4.69) is 10.1 Å². The van der Waals surface area contributed by atoms with E-state index in [1.54, 1.807) is 11.8 Å². The monoisotopic (exact) mass is 211 g/mol. The maximum Gasteiger partial charge on any atom is 0.325 e. The summed E-state index contributed by atoms with van der Waals surface area (Å²) in [5.41, 5.74) is 0.963. The number of benzene rings is 1. The molecule has 0 heterocycles. The van der Waals surface area contributed by atoms with Crippen LogP contribution in [0.5, 0.6) is 0 Å². The molecular formula is C10H13NO2S. The Morgan fingerprint density at radius 1 is 1.50 bits per heavy atom. The maximum absolute atomic E-state index is 10.9. The largest absolute Gasteiger partial charge is 0.468 e. The molecule has 0 aromatic heterocycles. The summed E-state index contributed by atoms with van der Waals surface area (Å²) in [6.45, 7) is 0.202. The van der Waals surface area contributed by atoms with Crippen molar-refractivity contribution in [3.05, 3.63) is 24.3 Å². The summed E-state index contributed by atoms with van der Waals surface area (Å²) >= 11 is 1.64. The molecule has 0 radical (unpaired) electrons. The van der Waals surface area contributed by atoms with E-state index in [4.69, 9.17) is 0 Å². The van der Waals surface area contributed by atoms with Crippen LogP contribution >= 0.6 is 11.8 Å². The molecule has 0 saturated heterocycles. The summed E-state index contributed by atoms with van der Waals surface area (Å²) in [5, 5.41) is 3.02. The van der Waals surface area contributed by atoms with Crippen LogP contribution in [0.4, 0.5) is 5.69 Å². The molecule has 1 aromatic rings. The van der Waals surface area contributed by atoms with Crippen molar-refractivity contribution in [1.82, 2.24) is 0 Å². The Morgan fingerprint density at radius 3 is 2.86 bits per heavy atom. The topological polar surface area (TPSA) is 38.3 Å². The number of rotatable bonds is 4. The molecule has 0 amide bonds. The Kier molecular flexibility index (Phi) is 4.32. The van der Waals surface area contributed by atoms with Crippen LogP contribution < -0.4 is 5.32 Å². The lowest BCUT2D eigenvalue weighted by atomic mass is 10.3. The number of hydrogen-bond acceptors (Lipinski definition) is 4. The van der Waals surface area contributed by atoms with Crippen LogP contribution in [0.1, 0.15) is 0 Å². The third kappa shape index (κ3) is 2.96. The van der Waals surface area contributed by atoms with Gasteiger partial charge in [-0.05, 0) is 18.4 Å². The second kappa shape index (κ2) is 5.54. The van der Waals surface area contributed by atoms with E-state index < -0.39 is 0 Å². The first-order valence-corrected chi connectivity index (χ1v) is 5.44. The van der Waals surface area contributed by atoms with Gasteiger partial charge in [-0.2, -0.15) is 0 Å². The SMILES string of the molecule is COC(=O)CNc1ccccc1SC. The summed E-state index contributed by atoms with van der Waals surface area (Å²) < 4.78 is 4.54. The first-order chi connectivity index (χ1) is 6.77. The molecule has 0 atom stereocenters. The molecule has 0 bridgehead atoms. The number of ether oxygens (including phenoxy) is 1. The zero-order valence-corrected chi connectivity index (χ0v) is 9.06. The van der Waals surface area contributed by atoms with Crippen molar-refractivity contribution < 1.29 is 9.53 Å². The predicted molar refractivity (Wildman–Crippen MR) is 58.7 cm³/mol. The van der Waals surface area contributed by atoms with Gasteiger partial charge in [0, 0.05) is 10.6 Å². The van der Waals surface area contributed by atoms with Gasteiger partial charge in [0.2, 0.25) is 0 Å². The van der Waals surface area contributed by atoms with Gasteiger partial charge in [0.05, 0.1) is 7.11 Å². The minimum atomic E-state index is -0.263. The fourth-order valence-electron chi connectivity index (χ4n) is 1.03. The van der Waals surface area contributed by atoms with Crippen LogP contribution in [0, 0.1) is 0 Å². The summed E-state index contributed by atoms with van der Waals surface area (Å²) in [6.07, 6.45) is 2.00. The molecule has 1 aromatic carbocycles. The van der Waals surface area contributed by atoms with Crippen LogP contribution in [0.3, 0.4) is 0 Å². The molecule has 3 nitrogen and oxygen atoms in total. The predicted octanol–water partition coefficient (Wildman–Crippen LogP) is 1.99. The number of carbonyl (C=O) groups is 1. The van der Waals surface area contributed by atoms with Crippen molar-refractivity contribution in [2.45, 2.75) is 4.90 Å². The standard InChI is InChI=1S/C10H13NO2S/c1-13-10(12)7-11-8-5-3-4-6-9(8)14-2/h3-6,11H,7H2,1-2H3. The van der Waals surface area contributed by atoms with Gasteiger partial charge in [-0.1, -0.05) is 12.1 Å². The van der Waals surface area contributed by atoms with Crippen LogP contribution in [0.25, 0.3) is 0 Å². The molecule has 1 N–H and O–H groups in total. The number of methoxy groups -OCH3 is 1. The van der Waals surface area contributed by atoms with Gasteiger partial charge in [0.25, 0.3) is 0 Å². The van der Waals surface area contributed by atoms with Crippen LogP contribution in [0.2, 0.25) is 0 Å². The summed E-state index contributed by atoms with van der Waals surface area (Å²) in [6, 6.07) is 7.84. The van der Waals surface area contributed by atoms with Crippen LogP contribution in [0.15, 0.2) is 29.2 Å². The van der Waals surface area contributed by atoms with E-state index in [-0.39, 0.29) is 12.5 Å². The smallest absolute Gasteiger partial charge is 0.325 e. The highest BCUT2D eigenvalue weighted by Gasteiger charge is 2.02. The molecule has 0 saturated carbocycles. The van der Waals surface area contributed by atoms with Gasteiger partial charge < -0.3 is 10.1 Å². The summed E-state index contributed by atoms with van der Waals surface area (Å²) in [7, 11) is 1.38. The molecule has 0 unspecified atom stereocenters. The Morgan fingerprint density at radius 2 is 2.21 bits per heavy atom. The third-order valence-electron chi connectivity index (χ3n) is 1.76. The first kappa shape index (κ1) is 10.9. The molecule has 0 spiro atoms. The van der Waals surface area contributed by atoms with E-state index in [1.807, 2.05) is 30.5 Å². The number of para-hydroxylation sites is 1. The Bertz CT molecular complexity index is 315. The molecule has 0 aliphatic carbocycles. The number of nitrogens with one attached hydrogen (secondary N) is 1. The van der Waals surface area contributed by atoms with E-state index in [0.29, 0.717) is 0 Å². The lowest BCUT2D eigenvalue weighted by molar-refractivity contribution is -0.138.